The lowest BCUT2D eigenvalue weighted by molar-refractivity contribution is -0.234. The molecule has 0 saturated heterocycles. The summed E-state index contributed by atoms with van der Waals surface area (Å²) in [7, 11) is -2.47. The lowest BCUT2D eigenvalue weighted by Crippen LogP contribution is -2.65. The van der Waals surface area contributed by atoms with Gasteiger partial charge in [0.1, 0.15) is 11.4 Å². The molecule has 1 aromatic heterocycles. The summed E-state index contributed by atoms with van der Waals surface area (Å²) in [6, 6.07) is 27.3. The maximum absolute atomic E-state index is 12.1. The van der Waals surface area contributed by atoms with Gasteiger partial charge in [-0.2, -0.15) is 0 Å². The van der Waals surface area contributed by atoms with E-state index < -0.39 is 31.5 Å². The number of hydrogen-bond acceptors (Lipinski definition) is 5. The van der Waals surface area contributed by atoms with E-state index in [1.807, 2.05) is 12.1 Å². The van der Waals surface area contributed by atoms with E-state index >= 15 is 0 Å². The highest BCUT2D eigenvalue weighted by Gasteiger charge is 2.69. The number of rotatable bonds is 7. The molecule has 3 aromatic rings. The molecule has 6 heteroatoms. The number of fused-ring (bicyclic) bond motifs is 5. The maximum atomic E-state index is 12.1. The van der Waals surface area contributed by atoms with Gasteiger partial charge in [-0.1, -0.05) is 95.3 Å². The molecule has 0 unspecified atom stereocenters. The van der Waals surface area contributed by atoms with Gasteiger partial charge >= 0.3 is 0 Å². The molecule has 0 aliphatic heterocycles. The van der Waals surface area contributed by atoms with Crippen molar-refractivity contribution in [3.05, 3.63) is 95.9 Å². The molecule has 1 heterocycles. The second-order valence-corrected chi connectivity index (χ2v) is 21.7. The Labute approximate surface area is 282 Å². The van der Waals surface area contributed by atoms with Crippen LogP contribution >= 0.6 is 0 Å². The van der Waals surface area contributed by atoms with Crippen molar-refractivity contribution in [2.24, 2.45) is 34.5 Å². The summed E-state index contributed by atoms with van der Waals surface area (Å²) in [6.07, 6.45) is 6.16. The van der Waals surface area contributed by atoms with Crippen molar-refractivity contribution in [1.29, 1.82) is 0 Å². The van der Waals surface area contributed by atoms with Crippen LogP contribution in [0.1, 0.15) is 96.5 Å². The average Bonchev–Trinajstić information content (AvgIpc) is 3.68. The van der Waals surface area contributed by atoms with Crippen molar-refractivity contribution >= 4 is 8.32 Å². The van der Waals surface area contributed by atoms with E-state index in [1.54, 1.807) is 6.26 Å². The molecule has 47 heavy (non-hydrogen) atoms. The Bertz CT molecular complexity index is 1460. The summed E-state index contributed by atoms with van der Waals surface area (Å²) in [5.74, 6) is 1.02. The van der Waals surface area contributed by atoms with Crippen LogP contribution in [-0.4, -0.2) is 41.9 Å². The Balaban J connectivity index is 1.17. The molecule has 4 fully saturated rings. The largest absolute Gasteiger partial charge is 0.466 e. The number of aliphatic hydroxyl groups is 3. The number of furan rings is 1. The first-order valence-corrected chi connectivity index (χ1v) is 20.5. The van der Waals surface area contributed by atoms with Crippen LogP contribution in [0.3, 0.4) is 0 Å². The number of hydrogen-bond donors (Lipinski definition) is 3. The minimum atomic E-state index is -2.47. The highest BCUT2D eigenvalue weighted by Crippen LogP contribution is 2.70. The van der Waals surface area contributed by atoms with Crippen molar-refractivity contribution in [1.82, 2.24) is 0 Å². The summed E-state index contributed by atoms with van der Waals surface area (Å²) in [5, 5.41) is 36.2. The lowest BCUT2D eigenvalue weighted by atomic mass is 9.43. The van der Waals surface area contributed by atoms with E-state index in [1.165, 1.54) is 11.1 Å². The van der Waals surface area contributed by atoms with Crippen molar-refractivity contribution in [3.63, 3.8) is 0 Å². The summed E-state index contributed by atoms with van der Waals surface area (Å²) >= 11 is 0. The van der Waals surface area contributed by atoms with Gasteiger partial charge in [-0.15, -0.1) is 0 Å². The monoisotopic (exact) mass is 656 g/mol. The zero-order valence-corrected chi connectivity index (χ0v) is 30.1. The van der Waals surface area contributed by atoms with Crippen molar-refractivity contribution in [3.8, 4) is 0 Å². The molecule has 0 radical (unpaired) electrons. The van der Waals surface area contributed by atoms with Gasteiger partial charge in [-0.25, -0.2) is 0 Å². The van der Waals surface area contributed by atoms with E-state index in [-0.39, 0.29) is 34.3 Å². The Morgan fingerprint density at radius 2 is 1.38 bits per heavy atom. The van der Waals surface area contributed by atoms with Crippen LogP contribution in [0.25, 0.3) is 0 Å². The Hall–Kier alpha value is -2.22. The number of aliphatic hydroxyl groups excluding tert-OH is 2. The maximum Gasteiger partial charge on any atom is 0.207 e. The zero-order valence-electron chi connectivity index (χ0n) is 29.1. The minimum absolute atomic E-state index is 0.0176. The normalized spacial score (nSPS) is 38.8. The standard InChI is InChI=1S/C41H56O5Si/c1-38(2,3)47(26-28-13-8-6-9-14-28,27-29-15-10-7-11-16-29)46-30-18-21-39(4)31-19-22-40(5)32(35(31)37(43)36(42)33(39)25-30)20-23-41(40,44)34-17-12-24-45-34/h6-17,24,30-33,35-37,42-44H,18-23,25-27H2,1-5H3/t30-,31-,32-,33+,35+,36+,37+,39+,40-,41+/m0/s1. The van der Waals surface area contributed by atoms with E-state index in [9.17, 15) is 15.3 Å². The molecule has 4 aliphatic rings. The van der Waals surface area contributed by atoms with Crippen molar-refractivity contribution in [2.75, 3.05) is 0 Å². The molecule has 10 atom stereocenters. The van der Waals surface area contributed by atoms with Gasteiger partial charge < -0.3 is 24.2 Å². The van der Waals surface area contributed by atoms with Crippen LogP contribution in [-0.2, 0) is 22.1 Å². The summed E-state index contributed by atoms with van der Waals surface area (Å²) < 4.78 is 13.4. The molecule has 4 saturated carbocycles. The van der Waals surface area contributed by atoms with E-state index in [0.29, 0.717) is 18.1 Å². The van der Waals surface area contributed by atoms with Crippen molar-refractivity contribution in [2.45, 2.75) is 121 Å². The molecule has 4 aliphatic carbocycles. The Kier molecular flexibility index (Phi) is 8.48. The SMILES string of the molecule is CC(C)(C)[Si](Cc1ccccc1)(Cc1ccccc1)O[C@H]1CC[C@@]2(C)[C@H](C1)[C@@H](O)[C@H](O)[C@@H]1[C@@H]2CC[C@@]2(C)[C@H]1CC[C@@]2(O)c1ccco1. The van der Waals surface area contributed by atoms with Crippen LogP contribution in [0.4, 0.5) is 0 Å². The van der Waals surface area contributed by atoms with Crippen LogP contribution in [0.2, 0.25) is 5.04 Å². The highest BCUT2D eigenvalue weighted by atomic mass is 28.4. The molecule has 2 aromatic carbocycles. The summed E-state index contributed by atoms with van der Waals surface area (Å²) in [5.41, 5.74) is 1.14. The van der Waals surface area contributed by atoms with E-state index in [2.05, 4.69) is 95.3 Å². The van der Waals surface area contributed by atoms with Crippen LogP contribution in [0, 0.1) is 34.5 Å². The van der Waals surface area contributed by atoms with Gasteiger partial charge in [-0.05, 0) is 114 Å². The fraction of sp³-hybridized carbons (Fsp3) is 0.610. The van der Waals surface area contributed by atoms with Gasteiger partial charge in [0, 0.05) is 11.5 Å². The molecule has 0 spiro atoms. The molecule has 3 N–H and O–H groups in total. The lowest BCUT2D eigenvalue weighted by Gasteiger charge is -2.64. The predicted octanol–water partition coefficient (Wildman–Crippen LogP) is 8.15. The first-order valence-electron chi connectivity index (χ1n) is 18.2. The van der Waals surface area contributed by atoms with Gasteiger partial charge in [0.15, 0.2) is 0 Å². The molecule has 0 bridgehead atoms. The predicted molar refractivity (Wildman–Crippen MR) is 188 cm³/mol. The third kappa shape index (κ3) is 5.33. The minimum Gasteiger partial charge on any atom is -0.466 e. The van der Waals surface area contributed by atoms with Gasteiger partial charge in [0.2, 0.25) is 8.32 Å². The number of benzene rings is 2. The third-order valence-electron chi connectivity index (χ3n) is 14.2. The van der Waals surface area contributed by atoms with Crippen molar-refractivity contribution < 1.29 is 24.2 Å². The van der Waals surface area contributed by atoms with Gasteiger partial charge in [-0.3, -0.25) is 0 Å². The molecular formula is C41H56O5Si. The fourth-order valence-electron chi connectivity index (χ4n) is 11.3. The quantitative estimate of drug-likeness (QED) is 0.224. The summed E-state index contributed by atoms with van der Waals surface area (Å²) in [4.78, 5) is 0. The first-order chi connectivity index (χ1) is 22.3. The van der Waals surface area contributed by atoms with Crippen LogP contribution in [0.15, 0.2) is 83.5 Å². The summed E-state index contributed by atoms with van der Waals surface area (Å²) in [6.45, 7) is 11.7. The highest BCUT2D eigenvalue weighted by molar-refractivity contribution is 6.75. The topological polar surface area (TPSA) is 83.1 Å². The Morgan fingerprint density at radius 1 is 0.766 bits per heavy atom. The fourth-order valence-corrected chi connectivity index (χ4v) is 15.6. The Morgan fingerprint density at radius 3 is 1.96 bits per heavy atom. The van der Waals surface area contributed by atoms with Gasteiger partial charge in [0.25, 0.3) is 0 Å². The van der Waals surface area contributed by atoms with Gasteiger partial charge in [0.05, 0.1) is 18.5 Å². The molecule has 254 valence electrons. The average molecular weight is 657 g/mol. The molecule has 0 amide bonds. The van der Waals surface area contributed by atoms with Crippen LogP contribution in [0.5, 0.6) is 0 Å². The van der Waals surface area contributed by atoms with Crippen LogP contribution < -0.4 is 0 Å². The van der Waals surface area contributed by atoms with E-state index in [4.69, 9.17) is 8.84 Å². The smallest absolute Gasteiger partial charge is 0.207 e. The second kappa shape index (κ2) is 12.0. The third-order valence-corrected chi connectivity index (χ3v) is 19.7. The van der Waals surface area contributed by atoms with E-state index in [0.717, 1.165) is 50.6 Å². The zero-order chi connectivity index (χ0) is 33.2. The molecular weight excluding hydrogens is 601 g/mol. The molecule has 7 rings (SSSR count). The first kappa shape index (κ1) is 33.3. The molecule has 5 nitrogen and oxygen atoms in total. The second-order valence-electron chi connectivity index (χ2n) is 17.3.